The number of benzene rings is 1. The lowest BCUT2D eigenvalue weighted by Crippen LogP contribution is -2.59. The maximum absolute atomic E-state index is 4.08. The zero-order chi connectivity index (χ0) is 14.6. The first-order valence-electron chi connectivity index (χ1n) is 8.13. The summed E-state index contributed by atoms with van der Waals surface area (Å²) >= 11 is 0. The van der Waals surface area contributed by atoms with Crippen molar-refractivity contribution in [1.29, 1.82) is 0 Å². The highest BCUT2D eigenvalue weighted by Gasteiger charge is 2.40. The van der Waals surface area contributed by atoms with E-state index in [4.69, 9.17) is 0 Å². The van der Waals surface area contributed by atoms with Gasteiger partial charge in [-0.3, -0.25) is 0 Å². The second kappa shape index (κ2) is 6.58. The standard InChI is InChI=1S/C19H30N/c1-5-17(4)20(14-18-10-8-7-9-11-18)13-12-16(3)19(6-2)15-20/h6-11,16-17,19H,2,5,12-15H2,1,3-4H3/q+1. The first kappa shape index (κ1) is 15.3. The molecule has 1 aliphatic heterocycles. The monoisotopic (exact) mass is 272 g/mol. The number of piperidine rings is 1. The summed E-state index contributed by atoms with van der Waals surface area (Å²) in [6, 6.07) is 11.7. The number of hydrogen-bond donors (Lipinski definition) is 0. The molecule has 0 aromatic heterocycles. The van der Waals surface area contributed by atoms with E-state index in [1.165, 1.54) is 42.5 Å². The van der Waals surface area contributed by atoms with Crippen LogP contribution in [0.15, 0.2) is 43.0 Å². The third kappa shape index (κ3) is 3.15. The van der Waals surface area contributed by atoms with Crippen LogP contribution in [0.3, 0.4) is 0 Å². The van der Waals surface area contributed by atoms with E-state index in [9.17, 15) is 0 Å². The van der Waals surface area contributed by atoms with Crippen LogP contribution >= 0.6 is 0 Å². The normalized spacial score (nSPS) is 31.8. The lowest BCUT2D eigenvalue weighted by atomic mass is 9.84. The van der Waals surface area contributed by atoms with Crippen LogP contribution < -0.4 is 0 Å². The molecule has 110 valence electrons. The van der Waals surface area contributed by atoms with Crippen LogP contribution in [0.2, 0.25) is 0 Å². The molecule has 0 spiro atoms. The van der Waals surface area contributed by atoms with Gasteiger partial charge in [0.2, 0.25) is 0 Å². The van der Waals surface area contributed by atoms with Crippen LogP contribution in [0, 0.1) is 11.8 Å². The van der Waals surface area contributed by atoms with Crippen molar-refractivity contribution in [3.05, 3.63) is 48.6 Å². The summed E-state index contributed by atoms with van der Waals surface area (Å²) in [5, 5.41) is 0. The molecule has 4 unspecified atom stereocenters. The summed E-state index contributed by atoms with van der Waals surface area (Å²) in [4.78, 5) is 0. The van der Waals surface area contributed by atoms with Gasteiger partial charge in [-0.25, -0.2) is 0 Å². The van der Waals surface area contributed by atoms with Crippen molar-refractivity contribution < 1.29 is 4.48 Å². The summed E-state index contributed by atoms with van der Waals surface area (Å²) in [5.41, 5.74) is 1.48. The molecule has 0 saturated carbocycles. The molecule has 1 heterocycles. The Balaban J connectivity index is 2.24. The van der Waals surface area contributed by atoms with Gasteiger partial charge in [0.1, 0.15) is 6.54 Å². The van der Waals surface area contributed by atoms with Crippen LogP contribution in [0.4, 0.5) is 0 Å². The molecule has 0 aliphatic carbocycles. The summed E-state index contributed by atoms with van der Waals surface area (Å²) in [6.45, 7) is 15.0. The molecular weight excluding hydrogens is 242 g/mol. The predicted octanol–water partition coefficient (Wildman–Crippen LogP) is 4.64. The number of hydrogen-bond acceptors (Lipinski definition) is 0. The Morgan fingerprint density at radius 2 is 2.05 bits per heavy atom. The van der Waals surface area contributed by atoms with E-state index in [0.29, 0.717) is 5.92 Å². The molecule has 1 saturated heterocycles. The van der Waals surface area contributed by atoms with Gasteiger partial charge in [0.15, 0.2) is 0 Å². The first-order chi connectivity index (χ1) is 9.61. The van der Waals surface area contributed by atoms with Crippen molar-refractivity contribution in [1.82, 2.24) is 0 Å². The van der Waals surface area contributed by atoms with Crippen molar-refractivity contribution >= 4 is 0 Å². The zero-order valence-corrected chi connectivity index (χ0v) is 13.4. The van der Waals surface area contributed by atoms with Crippen molar-refractivity contribution in [2.75, 3.05) is 13.1 Å². The molecule has 1 heteroatoms. The summed E-state index contributed by atoms with van der Waals surface area (Å²) in [7, 11) is 0. The largest absolute Gasteiger partial charge is 0.317 e. The zero-order valence-electron chi connectivity index (χ0n) is 13.4. The molecule has 1 nitrogen and oxygen atoms in total. The van der Waals surface area contributed by atoms with Gasteiger partial charge in [-0.1, -0.05) is 50.3 Å². The van der Waals surface area contributed by atoms with Crippen molar-refractivity contribution in [2.45, 2.75) is 46.2 Å². The lowest BCUT2D eigenvalue weighted by Gasteiger charge is -2.50. The van der Waals surface area contributed by atoms with Crippen LogP contribution in [0.1, 0.15) is 39.2 Å². The third-order valence-electron chi connectivity index (χ3n) is 5.50. The van der Waals surface area contributed by atoms with Gasteiger partial charge in [-0.2, -0.15) is 0 Å². The van der Waals surface area contributed by atoms with Crippen LogP contribution in [-0.2, 0) is 6.54 Å². The smallest absolute Gasteiger partial charge is 0.105 e. The maximum atomic E-state index is 4.08. The van der Waals surface area contributed by atoms with Gasteiger partial charge in [0, 0.05) is 11.5 Å². The van der Waals surface area contributed by atoms with E-state index >= 15 is 0 Å². The van der Waals surface area contributed by atoms with Crippen LogP contribution in [-0.4, -0.2) is 23.6 Å². The minimum atomic E-state index is 0.668. The molecule has 4 atom stereocenters. The van der Waals surface area contributed by atoms with E-state index in [0.717, 1.165) is 12.0 Å². The molecule has 0 bridgehead atoms. The van der Waals surface area contributed by atoms with Gasteiger partial charge >= 0.3 is 0 Å². The highest BCUT2D eigenvalue weighted by Crippen LogP contribution is 2.34. The lowest BCUT2D eigenvalue weighted by molar-refractivity contribution is -0.969. The van der Waals surface area contributed by atoms with Gasteiger partial charge in [-0.15, -0.1) is 6.58 Å². The third-order valence-corrected chi connectivity index (χ3v) is 5.50. The topological polar surface area (TPSA) is 0 Å². The van der Waals surface area contributed by atoms with Gasteiger partial charge in [0.05, 0.1) is 19.1 Å². The number of nitrogens with zero attached hydrogens (tertiary/aromatic N) is 1. The number of likely N-dealkylation sites (tertiary alicyclic amines) is 1. The highest BCUT2D eigenvalue weighted by atomic mass is 15.4. The predicted molar refractivity (Wildman–Crippen MR) is 87.4 cm³/mol. The summed E-state index contributed by atoms with van der Waals surface area (Å²) in [5.74, 6) is 1.46. The molecular formula is C19H30N+. The molecule has 0 radical (unpaired) electrons. The molecule has 20 heavy (non-hydrogen) atoms. The fourth-order valence-electron chi connectivity index (χ4n) is 3.71. The Hall–Kier alpha value is -1.08. The van der Waals surface area contributed by atoms with Gasteiger partial charge in [-0.05, 0) is 25.7 Å². The van der Waals surface area contributed by atoms with Crippen molar-refractivity contribution in [3.63, 3.8) is 0 Å². The Morgan fingerprint density at radius 3 is 2.65 bits per heavy atom. The second-order valence-electron chi connectivity index (χ2n) is 6.69. The Morgan fingerprint density at radius 1 is 1.35 bits per heavy atom. The van der Waals surface area contributed by atoms with E-state index < -0.39 is 0 Å². The Kier molecular flexibility index (Phi) is 5.04. The summed E-state index contributed by atoms with van der Waals surface area (Å²) < 4.78 is 1.24. The van der Waals surface area contributed by atoms with Crippen molar-refractivity contribution in [2.24, 2.45) is 11.8 Å². The molecule has 0 N–H and O–H groups in total. The van der Waals surface area contributed by atoms with E-state index in [-0.39, 0.29) is 0 Å². The molecule has 1 aromatic carbocycles. The Bertz CT molecular complexity index is 425. The molecule has 1 aliphatic rings. The first-order valence-corrected chi connectivity index (χ1v) is 8.13. The average Bonchev–Trinajstić information content (AvgIpc) is 2.49. The summed E-state index contributed by atoms with van der Waals surface area (Å²) in [6.07, 6.45) is 4.78. The molecule has 1 fully saturated rings. The highest BCUT2D eigenvalue weighted by molar-refractivity contribution is 5.13. The number of rotatable bonds is 5. The average molecular weight is 272 g/mol. The van der Waals surface area contributed by atoms with E-state index in [1.54, 1.807) is 0 Å². The maximum Gasteiger partial charge on any atom is 0.105 e. The minimum absolute atomic E-state index is 0.668. The van der Waals surface area contributed by atoms with Crippen LogP contribution in [0.25, 0.3) is 0 Å². The molecule has 1 aromatic rings. The van der Waals surface area contributed by atoms with Gasteiger partial charge < -0.3 is 4.48 Å². The quantitative estimate of drug-likeness (QED) is 0.541. The molecule has 2 rings (SSSR count). The number of quaternary nitrogens is 1. The second-order valence-corrected chi connectivity index (χ2v) is 6.69. The minimum Gasteiger partial charge on any atom is -0.317 e. The van der Waals surface area contributed by atoms with E-state index in [1.807, 2.05) is 0 Å². The SMILES string of the molecule is C=CC1C[N+](Cc2ccccc2)(C(C)CC)CCC1C. The van der Waals surface area contributed by atoms with Crippen LogP contribution in [0.5, 0.6) is 0 Å². The fourth-order valence-corrected chi connectivity index (χ4v) is 3.71. The van der Waals surface area contributed by atoms with E-state index in [2.05, 4.69) is 63.8 Å². The Labute approximate surface area is 124 Å². The fraction of sp³-hybridized carbons (Fsp3) is 0.579. The molecule has 0 amide bonds. The van der Waals surface area contributed by atoms with Crippen molar-refractivity contribution in [3.8, 4) is 0 Å². The van der Waals surface area contributed by atoms with Gasteiger partial charge in [0.25, 0.3) is 0 Å².